The van der Waals surface area contributed by atoms with Gasteiger partial charge in [-0.15, -0.1) is 0 Å². The molecule has 64 valence electrons. The summed E-state index contributed by atoms with van der Waals surface area (Å²) in [4.78, 5) is 11.1. The van der Waals surface area contributed by atoms with Gasteiger partial charge in [-0.1, -0.05) is 31.9 Å². The number of rotatable bonds is 2. The molecular formula is C8H5Br2FO. The summed E-state index contributed by atoms with van der Waals surface area (Å²) in [6, 6.07) is 4.29. The number of hydrogen-bond donors (Lipinski definition) is 0. The molecule has 1 aromatic rings. The van der Waals surface area contributed by atoms with E-state index in [2.05, 4.69) is 31.9 Å². The Morgan fingerprint density at radius 3 is 2.75 bits per heavy atom. The van der Waals surface area contributed by atoms with Crippen molar-refractivity contribution in [3.8, 4) is 0 Å². The molecule has 0 amide bonds. The third kappa shape index (κ3) is 2.14. The minimum Gasteiger partial charge on any atom is -0.293 e. The second-order valence-electron chi connectivity index (χ2n) is 2.18. The van der Waals surface area contributed by atoms with Crippen LogP contribution in [0.3, 0.4) is 0 Å². The van der Waals surface area contributed by atoms with Crippen molar-refractivity contribution in [2.24, 2.45) is 0 Å². The molecule has 0 radical (unpaired) electrons. The quantitative estimate of drug-likeness (QED) is 0.605. The molecule has 0 aliphatic rings. The Balaban J connectivity index is 3.13. The molecular weight excluding hydrogens is 291 g/mol. The molecule has 0 heterocycles. The maximum absolute atomic E-state index is 12.9. The largest absolute Gasteiger partial charge is 0.293 e. The summed E-state index contributed by atoms with van der Waals surface area (Å²) in [5.74, 6) is -0.739. The first-order valence-electron chi connectivity index (χ1n) is 3.19. The minimum absolute atomic E-state index is 0.112. The molecule has 0 spiro atoms. The fourth-order valence-electron chi connectivity index (χ4n) is 0.783. The third-order valence-corrected chi connectivity index (χ3v) is 2.35. The number of benzene rings is 1. The summed E-state index contributed by atoms with van der Waals surface area (Å²) in [6.07, 6.45) is 0. The van der Waals surface area contributed by atoms with Crippen LogP contribution in [0.1, 0.15) is 10.4 Å². The second-order valence-corrected chi connectivity index (χ2v) is 3.66. The lowest BCUT2D eigenvalue weighted by Gasteiger charge is -1.99. The number of carbonyl (C=O) groups excluding carboxylic acids is 1. The minimum atomic E-state index is -0.484. The molecule has 1 aromatic carbocycles. The molecule has 0 bridgehead atoms. The predicted octanol–water partition coefficient (Wildman–Crippen LogP) is 3.17. The van der Waals surface area contributed by atoms with Crippen LogP contribution in [0, 0.1) is 5.82 Å². The van der Waals surface area contributed by atoms with E-state index in [1.807, 2.05) is 0 Å². The van der Waals surface area contributed by atoms with E-state index >= 15 is 0 Å². The standard InChI is InChI=1S/C8H5Br2FO/c9-4-8(12)6-3-5(10)1-2-7(6)11/h1-3H,4H2. The van der Waals surface area contributed by atoms with E-state index in [1.165, 1.54) is 12.1 Å². The number of carbonyl (C=O) groups is 1. The van der Waals surface area contributed by atoms with Crippen LogP contribution >= 0.6 is 31.9 Å². The van der Waals surface area contributed by atoms with Crippen molar-refractivity contribution < 1.29 is 9.18 Å². The Morgan fingerprint density at radius 1 is 1.50 bits per heavy atom. The van der Waals surface area contributed by atoms with Gasteiger partial charge in [-0.3, -0.25) is 4.79 Å². The Morgan fingerprint density at radius 2 is 2.17 bits per heavy atom. The first-order valence-corrected chi connectivity index (χ1v) is 5.11. The first kappa shape index (κ1) is 9.86. The fraction of sp³-hybridized carbons (Fsp3) is 0.125. The Kier molecular flexibility index (Phi) is 3.40. The van der Waals surface area contributed by atoms with Crippen molar-refractivity contribution in [2.75, 3.05) is 5.33 Å². The highest BCUT2D eigenvalue weighted by atomic mass is 79.9. The van der Waals surface area contributed by atoms with Crippen LogP contribution in [0.2, 0.25) is 0 Å². The van der Waals surface area contributed by atoms with Crippen LogP contribution in [0.5, 0.6) is 0 Å². The Hall–Kier alpha value is -0.220. The molecule has 0 saturated heterocycles. The van der Waals surface area contributed by atoms with Crippen LogP contribution in [0.15, 0.2) is 22.7 Å². The zero-order chi connectivity index (χ0) is 9.14. The van der Waals surface area contributed by atoms with Crippen molar-refractivity contribution in [2.45, 2.75) is 0 Å². The van der Waals surface area contributed by atoms with E-state index in [0.717, 1.165) is 0 Å². The summed E-state index contributed by atoms with van der Waals surface area (Å²) in [5, 5.41) is 0.139. The molecule has 0 N–H and O–H groups in total. The van der Waals surface area contributed by atoms with Gasteiger partial charge in [0.05, 0.1) is 10.9 Å². The molecule has 1 rings (SSSR count). The number of ketones is 1. The van der Waals surface area contributed by atoms with Crippen molar-refractivity contribution in [3.63, 3.8) is 0 Å². The number of Topliss-reactive ketones (excluding diaryl/α,β-unsaturated/α-hetero) is 1. The van der Waals surface area contributed by atoms with Crippen LogP contribution < -0.4 is 0 Å². The SMILES string of the molecule is O=C(CBr)c1cc(Br)ccc1F. The highest BCUT2D eigenvalue weighted by Gasteiger charge is 2.09. The lowest BCUT2D eigenvalue weighted by molar-refractivity contribution is 0.102. The summed E-state index contributed by atoms with van der Waals surface area (Å²) >= 11 is 6.14. The van der Waals surface area contributed by atoms with Crippen molar-refractivity contribution in [1.82, 2.24) is 0 Å². The monoisotopic (exact) mass is 294 g/mol. The number of halogens is 3. The highest BCUT2D eigenvalue weighted by Crippen LogP contribution is 2.16. The average molecular weight is 296 g/mol. The van der Waals surface area contributed by atoms with Crippen LogP contribution in [0.4, 0.5) is 4.39 Å². The van der Waals surface area contributed by atoms with E-state index in [9.17, 15) is 9.18 Å². The molecule has 0 atom stereocenters. The lowest BCUT2D eigenvalue weighted by atomic mass is 10.1. The van der Waals surface area contributed by atoms with Crippen LogP contribution in [0.25, 0.3) is 0 Å². The van der Waals surface area contributed by atoms with Crippen LogP contribution in [-0.4, -0.2) is 11.1 Å². The van der Waals surface area contributed by atoms with Gasteiger partial charge < -0.3 is 0 Å². The topological polar surface area (TPSA) is 17.1 Å². The molecule has 0 aromatic heterocycles. The summed E-state index contributed by atoms with van der Waals surface area (Å²) in [7, 11) is 0. The Bertz CT molecular complexity index is 312. The van der Waals surface area contributed by atoms with Gasteiger partial charge in [0.2, 0.25) is 0 Å². The van der Waals surface area contributed by atoms with E-state index in [4.69, 9.17) is 0 Å². The second kappa shape index (κ2) is 4.14. The van der Waals surface area contributed by atoms with Gasteiger partial charge in [0, 0.05) is 4.47 Å². The smallest absolute Gasteiger partial charge is 0.176 e. The molecule has 0 saturated carbocycles. The zero-order valence-corrected chi connectivity index (χ0v) is 9.15. The normalized spacial score (nSPS) is 9.92. The summed E-state index contributed by atoms with van der Waals surface area (Å²) in [6.45, 7) is 0. The zero-order valence-electron chi connectivity index (χ0n) is 5.98. The maximum atomic E-state index is 12.9. The van der Waals surface area contributed by atoms with Gasteiger partial charge >= 0.3 is 0 Å². The van der Waals surface area contributed by atoms with Gasteiger partial charge in [-0.05, 0) is 18.2 Å². The Labute approximate surface area is 86.2 Å². The number of hydrogen-bond acceptors (Lipinski definition) is 1. The van der Waals surface area contributed by atoms with Gasteiger partial charge in [0.25, 0.3) is 0 Å². The summed E-state index contributed by atoms with van der Waals surface area (Å²) in [5.41, 5.74) is 0.112. The first-order chi connectivity index (χ1) is 5.65. The molecule has 1 nitrogen and oxygen atoms in total. The maximum Gasteiger partial charge on any atom is 0.176 e. The molecule has 0 fully saturated rings. The van der Waals surface area contributed by atoms with Gasteiger partial charge in [-0.25, -0.2) is 4.39 Å². The molecule has 0 aliphatic carbocycles. The van der Waals surface area contributed by atoms with Gasteiger partial charge in [0.1, 0.15) is 5.82 Å². The lowest BCUT2D eigenvalue weighted by Crippen LogP contribution is -2.02. The van der Waals surface area contributed by atoms with Gasteiger partial charge in [-0.2, -0.15) is 0 Å². The van der Waals surface area contributed by atoms with E-state index in [1.54, 1.807) is 6.07 Å². The van der Waals surface area contributed by atoms with Crippen molar-refractivity contribution in [1.29, 1.82) is 0 Å². The van der Waals surface area contributed by atoms with E-state index < -0.39 is 5.82 Å². The fourth-order valence-corrected chi connectivity index (χ4v) is 1.45. The molecule has 12 heavy (non-hydrogen) atoms. The molecule has 4 heteroatoms. The van der Waals surface area contributed by atoms with E-state index in [-0.39, 0.29) is 16.7 Å². The number of alkyl halides is 1. The highest BCUT2D eigenvalue weighted by molar-refractivity contribution is 9.10. The summed E-state index contributed by atoms with van der Waals surface area (Å²) < 4.78 is 13.6. The predicted molar refractivity (Wildman–Crippen MR) is 52.2 cm³/mol. The average Bonchev–Trinajstić information content (AvgIpc) is 2.08. The molecule has 0 unspecified atom stereocenters. The van der Waals surface area contributed by atoms with Gasteiger partial charge in [0.15, 0.2) is 5.78 Å². The van der Waals surface area contributed by atoms with E-state index in [0.29, 0.717) is 4.47 Å². The molecule has 0 aliphatic heterocycles. The van der Waals surface area contributed by atoms with Crippen LogP contribution in [-0.2, 0) is 0 Å². The van der Waals surface area contributed by atoms with Crippen molar-refractivity contribution >= 4 is 37.6 Å². The van der Waals surface area contributed by atoms with Crippen molar-refractivity contribution in [3.05, 3.63) is 34.1 Å². The third-order valence-electron chi connectivity index (χ3n) is 1.35.